The van der Waals surface area contributed by atoms with Crippen LogP contribution in [0.4, 0.5) is 0 Å². The van der Waals surface area contributed by atoms with Crippen molar-refractivity contribution in [1.29, 1.82) is 0 Å². The molecule has 3 nitrogen and oxygen atoms in total. The Morgan fingerprint density at radius 2 is 1.93 bits per heavy atom. The summed E-state index contributed by atoms with van der Waals surface area (Å²) in [6.45, 7) is 4.43. The molecule has 0 radical (unpaired) electrons. The fourth-order valence-electron chi connectivity index (χ4n) is 1.24. The lowest BCUT2D eigenvalue weighted by Crippen LogP contribution is -2.13. The van der Waals surface area contributed by atoms with Gasteiger partial charge in [0, 0.05) is 13.7 Å². The van der Waals surface area contributed by atoms with E-state index in [0.29, 0.717) is 6.79 Å². The van der Waals surface area contributed by atoms with Crippen LogP contribution in [0.2, 0.25) is 0 Å². The Kier molecular flexibility index (Phi) is 5.81. The number of hydrogen-bond acceptors (Lipinski definition) is 3. The first-order valence-corrected chi connectivity index (χ1v) is 5.28. The molecule has 1 aromatic carbocycles. The van der Waals surface area contributed by atoms with Gasteiger partial charge in [0.1, 0.15) is 5.75 Å². The predicted octanol–water partition coefficient (Wildman–Crippen LogP) is 2.17. The standard InChI is InChI=1S/C12H19NO2/c1-3-8-13-9-11-4-6-12(7-5-11)15-10-14-2/h4-7,13H,3,8-10H2,1-2H3. The van der Waals surface area contributed by atoms with Crippen molar-refractivity contribution in [3.8, 4) is 5.75 Å². The topological polar surface area (TPSA) is 30.5 Å². The van der Waals surface area contributed by atoms with Gasteiger partial charge in [0.05, 0.1) is 0 Å². The summed E-state index contributed by atoms with van der Waals surface area (Å²) in [5.74, 6) is 0.844. The van der Waals surface area contributed by atoms with Gasteiger partial charge in [-0.15, -0.1) is 0 Å². The van der Waals surface area contributed by atoms with Gasteiger partial charge in [-0.25, -0.2) is 0 Å². The van der Waals surface area contributed by atoms with Crippen LogP contribution >= 0.6 is 0 Å². The van der Waals surface area contributed by atoms with Crippen LogP contribution < -0.4 is 10.1 Å². The van der Waals surface area contributed by atoms with Crippen molar-refractivity contribution >= 4 is 0 Å². The van der Waals surface area contributed by atoms with E-state index in [1.54, 1.807) is 7.11 Å². The minimum atomic E-state index is 0.299. The zero-order valence-corrected chi connectivity index (χ0v) is 9.45. The van der Waals surface area contributed by atoms with Gasteiger partial charge in [-0.1, -0.05) is 19.1 Å². The number of benzene rings is 1. The van der Waals surface area contributed by atoms with Gasteiger partial charge in [0.25, 0.3) is 0 Å². The molecule has 0 spiro atoms. The summed E-state index contributed by atoms with van der Waals surface area (Å²) in [5.41, 5.74) is 1.27. The molecule has 0 aliphatic heterocycles. The zero-order chi connectivity index (χ0) is 10.9. The smallest absolute Gasteiger partial charge is 0.188 e. The lowest BCUT2D eigenvalue weighted by Gasteiger charge is -2.06. The van der Waals surface area contributed by atoms with E-state index >= 15 is 0 Å². The molecule has 84 valence electrons. The molecule has 0 aliphatic rings. The summed E-state index contributed by atoms with van der Waals surface area (Å²) in [6.07, 6.45) is 1.16. The highest BCUT2D eigenvalue weighted by Gasteiger charge is 1.94. The second-order valence-corrected chi connectivity index (χ2v) is 3.37. The molecule has 0 unspecified atom stereocenters. The number of rotatable bonds is 7. The molecular formula is C12H19NO2. The minimum absolute atomic E-state index is 0.299. The number of hydrogen-bond donors (Lipinski definition) is 1. The third kappa shape index (κ3) is 4.81. The van der Waals surface area contributed by atoms with Crippen LogP contribution in [0.1, 0.15) is 18.9 Å². The monoisotopic (exact) mass is 209 g/mol. The van der Waals surface area contributed by atoms with Crippen LogP contribution in [0.25, 0.3) is 0 Å². The van der Waals surface area contributed by atoms with E-state index in [2.05, 4.69) is 24.4 Å². The summed E-state index contributed by atoms with van der Waals surface area (Å²) in [5, 5.41) is 3.35. The van der Waals surface area contributed by atoms with Crippen molar-refractivity contribution in [1.82, 2.24) is 5.32 Å². The summed E-state index contributed by atoms with van der Waals surface area (Å²) in [7, 11) is 1.61. The molecule has 0 aliphatic carbocycles. The van der Waals surface area contributed by atoms with Crippen molar-refractivity contribution in [3.05, 3.63) is 29.8 Å². The predicted molar refractivity (Wildman–Crippen MR) is 60.9 cm³/mol. The Balaban J connectivity index is 2.35. The number of methoxy groups -OCH3 is 1. The second-order valence-electron chi connectivity index (χ2n) is 3.37. The molecule has 0 fully saturated rings. The molecule has 1 aromatic rings. The largest absolute Gasteiger partial charge is 0.468 e. The van der Waals surface area contributed by atoms with Crippen molar-refractivity contribution in [2.24, 2.45) is 0 Å². The van der Waals surface area contributed by atoms with Gasteiger partial charge in [0.15, 0.2) is 6.79 Å². The molecule has 0 amide bonds. The van der Waals surface area contributed by atoms with Crippen LogP contribution in [0, 0.1) is 0 Å². The van der Waals surface area contributed by atoms with Gasteiger partial charge in [-0.05, 0) is 30.7 Å². The maximum absolute atomic E-state index is 5.29. The Morgan fingerprint density at radius 1 is 1.20 bits per heavy atom. The zero-order valence-electron chi connectivity index (χ0n) is 9.45. The molecule has 15 heavy (non-hydrogen) atoms. The van der Waals surface area contributed by atoms with E-state index in [4.69, 9.17) is 9.47 Å². The fraction of sp³-hybridized carbons (Fsp3) is 0.500. The van der Waals surface area contributed by atoms with E-state index in [0.717, 1.165) is 25.3 Å². The van der Waals surface area contributed by atoms with Gasteiger partial charge < -0.3 is 14.8 Å². The van der Waals surface area contributed by atoms with Gasteiger partial charge >= 0.3 is 0 Å². The lowest BCUT2D eigenvalue weighted by molar-refractivity contribution is 0.0511. The molecule has 1 N–H and O–H groups in total. The molecule has 0 saturated carbocycles. The summed E-state index contributed by atoms with van der Waals surface area (Å²) in [6, 6.07) is 8.05. The van der Waals surface area contributed by atoms with Gasteiger partial charge in [-0.2, -0.15) is 0 Å². The molecular weight excluding hydrogens is 190 g/mol. The summed E-state index contributed by atoms with van der Waals surface area (Å²) >= 11 is 0. The highest BCUT2D eigenvalue weighted by Crippen LogP contribution is 2.11. The first-order chi connectivity index (χ1) is 7.36. The number of nitrogens with one attached hydrogen (secondary N) is 1. The Bertz CT molecular complexity index is 259. The van der Waals surface area contributed by atoms with E-state index in [1.807, 2.05) is 12.1 Å². The average molecular weight is 209 g/mol. The van der Waals surface area contributed by atoms with E-state index in [9.17, 15) is 0 Å². The highest BCUT2D eigenvalue weighted by molar-refractivity contribution is 5.27. The van der Waals surface area contributed by atoms with Crippen LogP contribution in [-0.2, 0) is 11.3 Å². The van der Waals surface area contributed by atoms with E-state index < -0.39 is 0 Å². The summed E-state index contributed by atoms with van der Waals surface area (Å²) < 4.78 is 10.1. The van der Waals surface area contributed by atoms with Crippen molar-refractivity contribution in [2.75, 3.05) is 20.4 Å². The first-order valence-electron chi connectivity index (χ1n) is 5.28. The Hall–Kier alpha value is -1.06. The van der Waals surface area contributed by atoms with E-state index in [1.165, 1.54) is 5.56 Å². The first kappa shape index (κ1) is 12.0. The SMILES string of the molecule is CCCNCc1ccc(OCOC)cc1. The third-order valence-corrected chi connectivity index (χ3v) is 2.02. The molecule has 1 rings (SSSR count). The van der Waals surface area contributed by atoms with Crippen molar-refractivity contribution < 1.29 is 9.47 Å². The molecule has 0 heterocycles. The maximum Gasteiger partial charge on any atom is 0.188 e. The van der Waals surface area contributed by atoms with Gasteiger partial charge in [0.2, 0.25) is 0 Å². The summed E-state index contributed by atoms with van der Waals surface area (Å²) in [4.78, 5) is 0. The maximum atomic E-state index is 5.29. The lowest BCUT2D eigenvalue weighted by atomic mass is 10.2. The molecule has 0 bridgehead atoms. The van der Waals surface area contributed by atoms with Crippen molar-refractivity contribution in [3.63, 3.8) is 0 Å². The quantitative estimate of drug-likeness (QED) is 0.551. The third-order valence-electron chi connectivity index (χ3n) is 2.02. The normalized spacial score (nSPS) is 10.3. The van der Waals surface area contributed by atoms with Crippen molar-refractivity contribution in [2.45, 2.75) is 19.9 Å². The Morgan fingerprint density at radius 3 is 2.53 bits per heavy atom. The highest BCUT2D eigenvalue weighted by atomic mass is 16.7. The molecule has 3 heteroatoms. The van der Waals surface area contributed by atoms with Crippen LogP contribution in [0.15, 0.2) is 24.3 Å². The molecule has 0 saturated heterocycles. The van der Waals surface area contributed by atoms with Crippen LogP contribution in [-0.4, -0.2) is 20.4 Å². The molecule has 0 aromatic heterocycles. The van der Waals surface area contributed by atoms with Gasteiger partial charge in [-0.3, -0.25) is 0 Å². The minimum Gasteiger partial charge on any atom is -0.468 e. The second kappa shape index (κ2) is 7.26. The number of ether oxygens (including phenoxy) is 2. The van der Waals surface area contributed by atoms with E-state index in [-0.39, 0.29) is 0 Å². The van der Waals surface area contributed by atoms with Crippen LogP contribution in [0.3, 0.4) is 0 Å². The average Bonchev–Trinajstić information content (AvgIpc) is 2.28. The molecule has 0 atom stereocenters. The van der Waals surface area contributed by atoms with Crippen LogP contribution in [0.5, 0.6) is 5.75 Å². The Labute approximate surface area is 91.4 Å². The fourth-order valence-corrected chi connectivity index (χ4v) is 1.24.